The third-order valence-corrected chi connectivity index (χ3v) is 3.30. The Balaban J connectivity index is 2.06. The van der Waals surface area contributed by atoms with Crippen molar-refractivity contribution in [1.29, 1.82) is 0 Å². The quantitative estimate of drug-likeness (QED) is 0.853. The van der Waals surface area contributed by atoms with Crippen LogP contribution in [0.4, 0.5) is 11.4 Å². The summed E-state index contributed by atoms with van der Waals surface area (Å²) in [6.45, 7) is 2.95. The summed E-state index contributed by atoms with van der Waals surface area (Å²) in [6, 6.07) is 8.37. The lowest BCUT2D eigenvalue weighted by atomic mass is 10.2. The summed E-state index contributed by atoms with van der Waals surface area (Å²) in [5, 5.41) is 6.80. The maximum absolute atomic E-state index is 12.1. The second kappa shape index (κ2) is 7.29. The Morgan fingerprint density at radius 2 is 2.05 bits per heavy atom. The van der Waals surface area contributed by atoms with Crippen LogP contribution >= 0.6 is 23.2 Å². The number of pyridine rings is 1. The van der Waals surface area contributed by atoms with Crippen LogP contribution in [0, 0.1) is 0 Å². The van der Waals surface area contributed by atoms with Gasteiger partial charge in [-0.25, -0.2) is 4.98 Å². The van der Waals surface area contributed by atoms with Gasteiger partial charge in [0.2, 0.25) is 0 Å². The predicted octanol–water partition coefficient (Wildman–Crippen LogP) is 4.46. The van der Waals surface area contributed by atoms with Gasteiger partial charge in [-0.1, -0.05) is 30.1 Å². The zero-order chi connectivity index (χ0) is 15.2. The fraction of sp³-hybridized carbons (Fsp3) is 0.200. The summed E-state index contributed by atoms with van der Waals surface area (Å²) < 4.78 is 0. The van der Waals surface area contributed by atoms with E-state index < -0.39 is 0 Å². The van der Waals surface area contributed by atoms with Gasteiger partial charge in [-0.15, -0.1) is 0 Å². The van der Waals surface area contributed by atoms with Gasteiger partial charge in [-0.05, 0) is 36.8 Å². The number of amides is 1. The first-order valence-electron chi connectivity index (χ1n) is 6.56. The number of aromatic nitrogens is 1. The summed E-state index contributed by atoms with van der Waals surface area (Å²) in [6.07, 6.45) is 2.66. The van der Waals surface area contributed by atoms with Gasteiger partial charge in [0.1, 0.15) is 5.69 Å². The Bertz CT molecular complexity index is 629. The number of benzene rings is 1. The average Bonchev–Trinajstić information content (AvgIpc) is 2.48. The number of nitrogens with zero attached hydrogens (tertiary/aromatic N) is 1. The van der Waals surface area contributed by atoms with E-state index in [1.54, 1.807) is 30.5 Å². The van der Waals surface area contributed by atoms with Crippen molar-refractivity contribution in [2.24, 2.45) is 0 Å². The molecule has 1 amide bonds. The molecular weight excluding hydrogens is 309 g/mol. The smallest absolute Gasteiger partial charge is 0.274 e. The first kappa shape index (κ1) is 15.6. The Labute approximate surface area is 133 Å². The average molecular weight is 324 g/mol. The molecule has 4 nitrogen and oxygen atoms in total. The lowest BCUT2D eigenvalue weighted by molar-refractivity contribution is 0.102. The molecule has 0 fully saturated rings. The molecule has 0 aliphatic rings. The summed E-state index contributed by atoms with van der Waals surface area (Å²) in [5.41, 5.74) is 1.71. The molecule has 1 aromatic heterocycles. The van der Waals surface area contributed by atoms with Crippen LogP contribution in [0.25, 0.3) is 0 Å². The Hall–Kier alpha value is -1.78. The van der Waals surface area contributed by atoms with Crippen molar-refractivity contribution in [3.05, 3.63) is 52.3 Å². The monoisotopic (exact) mass is 323 g/mol. The van der Waals surface area contributed by atoms with Gasteiger partial charge in [0.25, 0.3) is 5.91 Å². The molecule has 6 heteroatoms. The Morgan fingerprint density at radius 1 is 1.24 bits per heavy atom. The van der Waals surface area contributed by atoms with Gasteiger partial charge in [-0.3, -0.25) is 4.79 Å². The van der Waals surface area contributed by atoms with Crippen LogP contribution in [0.3, 0.4) is 0 Å². The summed E-state index contributed by atoms with van der Waals surface area (Å²) in [5.74, 6) is -0.318. The minimum Gasteiger partial charge on any atom is -0.384 e. The molecule has 2 aromatic rings. The van der Waals surface area contributed by atoms with E-state index in [0.717, 1.165) is 18.7 Å². The number of carbonyl (C=O) groups excluding carboxylic acids is 1. The molecular formula is C15H15Cl2N3O. The van der Waals surface area contributed by atoms with Gasteiger partial charge >= 0.3 is 0 Å². The molecule has 21 heavy (non-hydrogen) atoms. The van der Waals surface area contributed by atoms with Crippen molar-refractivity contribution in [2.75, 3.05) is 17.2 Å². The third kappa shape index (κ3) is 4.34. The molecule has 0 saturated carbocycles. The number of hydrogen-bond donors (Lipinski definition) is 2. The molecule has 1 aromatic carbocycles. The van der Waals surface area contributed by atoms with Crippen molar-refractivity contribution in [3.63, 3.8) is 0 Å². The Morgan fingerprint density at radius 3 is 2.67 bits per heavy atom. The van der Waals surface area contributed by atoms with E-state index >= 15 is 0 Å². The van der Waals surface area contributed by atoms with E-state index in [-0.39, 0.29) is 5.91 Å². The number of carbonyl (C=O) groups is 1. The molecule has 0 atom stereocenters. The highest BCUT2D eigenvalue weighted by Gasteiger charge is 2.10. The van der Waals surface area contributed by atoms with E-state index in [2.05, 4.69) is 22.5 Å². The van der Waals surface area contributed by atoms with Crippen LogP contribution < -0.4 is 10.6 Å². The van der Waals surface area contributed by atoms with Crippen molar-refractivity contribution in [1.82, 2.24) is 4.98 Å². The van der Waals surface area contributed by atoms with Crippen molar-refractivity contribution < 1.29 is 4.79 Å². The normalized spacial score (nSPS) is 10.2. The number of hydrogen-bond acceptors (Lipinski definition) is 3. The minimum atomic E-state index is -0.318. The van der Waals surface area contributed by atoms with Crippen molar-refractivity contribution in [3.8, 4) is 0 Å². The first-order chi connectivity index (χ1) is 10.1. The highest BCUT2D eigenvalue weighted by molar-refractivity contribution is 6.36. The maximum atomic E-state index is 12.1. The molecule has 0 aliphatic carbocycles. The predicted molar refractivity (Wildman–Crippen MR) is 87.4 cm³/mol. The van der Waals surface area contributed by atoms with Crippen LogP contribution in [-0.4, -0.2) is 17.4 Å². The van der Waals surface area contributed by atoms with E-state index in [1.165, 1.54) is 0 Å². The molecule has 2 N–H and O–H groups in total. The highest BCUT2D eigenvalue weighted by atomic mass is 35.5. The molecule has 2 rings (SSSR count). The lowest BCUT2D eigenvalue weighted by Gasteiger charge is -2.08. The van der Waals surface area contributed by atoms with Crippen LogP contribution in [0.5, 0.6) is 0 Å². The van der Waals surface area contributed by atoms with Crippen LogP contribution in [0.1, 0.15) is 23.8 Å². The van der Waals surface area contributed by atoms with Gasteiger partial charge in [0.15, 0.2) is 0 Å². The highest BCUT2D eigenvalue weighted by Crippen LogP contribution is 2.25. The third-order valence-electron chi connectivity index (χ3n) is 2.75. The zero-order valence-electron chi connectivity index (χ0n) is 11.5. The summed E-state index contributed by atoms with van der Waals surface area (Å²) >= 11 is 11.8. The summed E-state index contributed by atoms with van der Waals surface area (Å²) in [4.78, 5) is 16.2. The number of anilines is 2. The largest absolute Gasteiger partial charge is 0.384 e. The molecule has 0 saturated heterocycles. The molecule has 0 radical (unpaired) electrons. The van der Waals surface area contributed by atoms with Gasteiger partial charge in [-0.2, -0.15) is 0 Å². The lowest BCUT2D eigenvalue weighted by Crippen LogP contribution is -2.14. The minimum absolute atomic E-state index is 0.318. The topological polar surface area (TPSA) is 54.0 Å². The second-order valence-corrected chi connectivity index (χ2v) is 5.28. The number of rotatable bonds is 5. The fourth-order valence-electron chi connectivity index (χ4n) is 1.68. The van der Waals surface area contributed by atoms with E-state index in [1.807, 2.05) is 6.07 Å². The molecule has 0 bridgehead atoms. The summed E-state index contributed by atoms with van der Waals surface area (Å²) in [7, 11) is 0. The Kier molecular flexibility index (Phi) is 5.42. The van der Waals surface area contributed by atoms with Crippen molar-refractivity contribution in [2.45, 2.75) is 13.3 Å². The number of nitrogens with one attached hydrogen (secondary N) is 2. The standard InChI is InChI=1S/C15H15Cl2N3O/c1-2-7-18-11-4-6-14(19-9-11)15(21)20-13-5-3-10(16)8-12(13)17/h3-6,8-9,18H,2,7H2,1H3,(H,20,21). The molecule has 110 valence electrons. The fourth-order valence-corrected chi connectivity index (χ4v) is 2.14. The van der Waals surface area contributed by atoms with Crippen LogP contribution in [0.2, 0.25) is 10.0 Å². The zero-order valence-corrected chi connectivity index (χ0v) is 13.0. The van der Waals surface area contributed by atoms with Crippen LogP contribution in [0.15, 0.2) is 36.5 Å². The van der Waals surface area contributed by atoms with E-state index in [4.69, 9.17) is 23.2 Å². The second-order valence-electron chi connectivity index (χ2n) is 4.44. The van der Waals surface area contributed by atoms with Gasteiger partial charge in [0, 0.05) is 11.6 Å². The molecule has 1 heterocycles. The van der Waals surface area contributed by atoms with E-state index in [9.17, 15) is 4.79 Å². The van der Waals surface area contributed by atoms with Gasteiger partial charge < -0.3 is 10.6 Å². The van der Waals surface area contributed by atoms with Gasteiger partial charge in [0.05, 0.1) is 22.6 Å². The van der Waals surface area contributed by atoms with Crippen molar-refractivity contribution >= 4 is 40.5 Å². The van der Waals surface area contributed by atoms with E-state index in [0.29, 0.717) is 21.4 Å². The molecule has 0 spiro atoms. The number of halogens is 2. The molecule has 0 aliphatic heterocycles. The maximum Gasteiger partial charge on any atom is 0.274 e. The van der Waals surface area contributed by atoms with Crippen LogP contribution in [-0.2, 0) is 0 Å². The first-order valence-corrected chi connectivity index (χ1v) is 7.32. The molecule has 0 unspecified atom stereocenters. The SMILES string of the molecule is CCCNc1ccc(C(=O)Nc2ccc(Cl)cc2Cl)nc1.